The topological polar surface area (TPSA) is 76.4 Å². The third-order valence-corrected chi connectivity index (χ3v) is 2.75. The highest BCUT2D eigenvalue weighted by molar-refractivity contribution is 5.82. The summed E-state index contributed by atoms with van der Waals surface area (Å²) in [6.45, 7) is 0. The van der Waals surface area contributed by atoms with E-state index in [1.807, 2.05) is 24.3 Å². The molecule has 0 aliphatic heterocycles. The number of amidine groups is 1. The fourth-order valence-electron chi connectivity index (χ4n) is 1.65. The Balaban J connectivity index is 2.05. The molecule has 4 nitrogen and oxygen atoms in total. The number of hydrogen-bond acceptors (Lipinski definition) is 3. The molecule has 0 spiro atoms. The van der Waals surface area contributed by atoms with Crippen LogP contribution in [0.1, 0.15) is 24.0 Å². The maximum absolute atomic E-state index is 13.7. The van der Waals surface area contributed by atoms with E-state index in [2.05, 4.69) is 10.6 Å². The third kappa shape index (κ3) is 2.30. The van der Waals surface area contributed by atoms with E-state index in [0.29, 0.717) is 25.1 Å². The van der Waals surface area contributed by atoms with Crippen molar-refractivity contribution in [3.8, 4) is 0 Å². The average Bonchev–Trinajstić information content (AvgIpc) is 2.99. The van der Waals surface area contributed by atoms with Crippen LogP contribution in [-0.2, 0) is 12.1 Å². The molecule has 1 aromatic rings. The number of nitrogens with one attached hydrogen (secondary N) is 1. The van der Waals surface area contributed by atoms with Gasteiger partial charge in [0.15, 0.2) is 0 Å². The Hall–Kier alpha value is -1.62. The van der Waals surface area contributed by atoms with Gasteiger partial charge in [-0.2, -0.15) is 5.10 Å². The van der Waals surface area contributed by atoms with Gasteiger partial charge in [-0.1, -0.05) is 24.3 Å². The zero-order chi connectivity index (χ0) is 11.6. The van der Waals surface area contributed by atoms with Crippen molar-refractivity contribution in [2.45, 2.75) is 24.9 Å². The van der Waals surface area contributed by atoms with Gasteiger partial charge in [-0.05, 0) is 24.0 Å². The van der Waals surface area contributed by atoms with E-state index in [-0.39, 0.29) is 0 Å². The fraction of sp³-hybridized carbons (Fsp3) is 0.364. The minimum atomic E-state index is -1.07. The van der Waals surface area contributed by atoms with Crippen molar-refractivity contribution >= 4 is 5.84 Å². The Kier molecular flexibility index (Phi) is 2.78. The Morgan fingerprint density at radius 3 is 2.50 bits per heavy atom. The van der Waals surface area contributed by atoms with Crippen molar-refractivity contribution in [1.82, 2.24) is 5.53 Å². The normalized spacial score (nSPS) is 18.2. The molecular weight excluding hydrogens is 207 g/mol. The highest BCUT2D eigenvalue weighted by Crippen LogP contribution is 2.49. The Labute approximate surface area is 93.5 Å². The first-order valence-electron chi connectivity index (χ1n) is 5.20. The molecule has 0 bridgehead atoms. The summed E-state index contributed by atoms with van der Waals surface area (Å²) in [5.74, 6) is 5.41. The lowest BCUT2D eigenvalue weighted by molar-refractivity contribution is 0.317. The van der Waals surface area contributed by atoms with Gasteiger partial charge in [0, 0.05) is 6.42 Å². The van der Waals surface area contributed by atoms with Crippen LogP contribution in [0.25, 0.3) is 0 Å². The molecule has 5 N–H and O–H groups in total. The molecule has 16 heavy (non-hydrogen) atoms. The lowest BCUT2D eigenvalue weighted by Gasteiger charge is -2.06. The second kappa shape index (κ2) is 4.09. The van der Waals surface area contributed by atoms with Crippen LogP contribution in [0.15, 0.2) is 29.4 Å². The number of nitrogens with two attached hydrogens (primary N) is 2. The number of alkyl halides is 1. The summed E-state index contributed by atoms with van der Waals surface area (Å²) >= 11 is 0. The molecule has 0 heterocycles. The van der Waals surface area contributed by atoms with E-state index in [1.54, 1.807) is 0 Å². The van der Waals surface area contributed by atoms with Gasteiger partial charge in [0.2, 0.25) is 0 Å². The van der Waals surface area contributed by atoms with E-state index in [1.165, 1.54) is 0 Å². The molecular formula is C11H15FN4. The molecule has 0 radical (unpaired) electrons. The molecule has 0 aromatic heterocycles. The van der Waals surface area contributed by atoms with Gasteiger partial charge in [-0.25, -0.2) is 15.8 Å². The van der Waals surface area contributed by atoms with Crippen molar-refractivity contribution in [3.63, 3.8) is 0 Å². The van der Waals surface area contributed by atoms with Gasteiger partial charge < -0.3 is 5.73 Å². The molecule has 0 atom stereocenters. The SMILES string of the molecule is NN/N=C(\N)Cc1ccc(C2(F)CC2)cc1. The first-order valence-corrected chi connectivity index (χ1v) is 5.20. The molecule has 2 rings (SSSR count). The minimum Gasteiger partial charge on any atom is -0.385 e. The quantitative estimate of drug-likeness (QED) is 0.307. The maximum atomic E-state index is 13.7. The summed E-state index contributed by atoms with van der Waals surface area (Å²) in [4.78, 5) is 0. The third-order valence-electron chi connectivity index (χ3n) is 2.75. The van der Waals surface area contributed by atoms with Crippen molar-refractivity contribution in [3.05, 3.63) is 35.4 Å². The predicted molar refractivity (Wildman–Crippen MR) is 61.1 cm³/mol. The van der Waals surface area contributed by atoms with Crippen molar-refractivity contribution in [2.75, 3.05) is 0 Å². The Morgan fingerprint density at radius 2 is 2.00 bits per heavy atom. The van der Waals surface area contributed by atoms with Crippen LogP contribution >= 0.6 is 0 Å². The Morgan fingerprint density at radius 1 is 1.38 bits per heavy atom. The molecule has 5 heteroatoms. The van der Waals surface area contributed by atoms with Crippen LogP contribution in [0.4, 0.5) is 4.39 Å². The molecule has 1 fully saturated rings. The summed E-state index contributed by atoms with van der Waals surface area (Å²) in [5.41, 5.74) is 8.39. The van der Waals surface area contributed by atoms with E-state index in [9.17, 15) is 4.39 Å². The zero-order valence-electron chi connectivity index (χ0n) is 8.91. The summed E-state index contributed by atoms with van der Waals surface area (Å²) in [6, 6.07) is 7.36. The van der Waals surface area contributed by atoms with E-state index in [0.717, 1.165) is 11.1 Å². The lowest BCUT2D eigenvalue weighted by Crippen LogP contribution is -2.23. The molecule has 0 amide bonds. The lowest BCUT2D eigenvalue weighted by atomic mass is 10.0. The molecule has 0 unspecified atom stereocenters. The number of hydrazone groups is 1. The summed E-state index contributed by atoms with van der Waals surface area (Å²) in [6.07, 6.45) is 1.77. The van der Waals surface area contributed by atoms with Gasteiger partial charge in [-0.3, -0.25) is 0 Å². The number of nitrogens with zero attached hydrogens (tertiary/aromatic N) is 1. The fourth-order valence-corrected chi connectivity index (χ4v) is 1.65. The van der Waals surface area contributed by atoms with Crippen molar-refractivity contribution < 1.29 is 4.39 Å². The predicted octanol–water partition coefficient (Wildman–Crippen LogP) is 0.923. The molecule has 1 aliphatic carbocycles. The highest BCUT2D eigenvalue weighted by Gasteiger charge is 2.44. The number of rotatable bonds is 4. The average molecular weight is 222 g/mol. The van der Waals surface area contributed by atoms with Crippen LogP contribution in [0, 0.1) is 0 Å². The highest BCUT2D eigenvalue weighted by atomic mass is 19.1. The minimum absolute atomic E-state index is 0.400. The Bertz CT molecular complexity index is 395. The number of benzene rings is 1. The summed E-state index contributed by atoms with van der Waals surface area (Å²) < 4.78 is 13.7. The number of hydrogen-bond donors (Lipinski definition) is 3. The number of halogens is 1. The zero-order valence-corrected chi connectivity index (χ0v) is 8.91. The van der Waals surface area contributed by atoms with E-state index >= 15 is 0 Å². The van der Waals surface area contributed by atoms with Crippen molar-refractivity contribution in [2.24, 2.45) is 16.7 Å². The molecule has 1 aliphatic rings. The monoisotopic (exact) mass is 222 g/mol. The standard InChI is InChI=1S/C11H15FN4/c12-11(5-6-11)9-3-1-8(2-4-9)7-10(13)15-16-14/h1-4,16H,5-7,14H2,(H2,13,15). The maximum Gasteiger partial charge on any atom is 0.136 e. The van der Waals surface area contributed by atoms with Gasteiger partial charge >= 0.3 is 0 Å². The largest absolute Gasteiger partial charge is 0.385 e. The molecule has 0 saturated heterocycles. The first kappa shape index (κ1) is 10.9. The second-order valence-electron chi connectivity index (χ2n) is 4.07. The first-order chi connectivity index (χ1) is 7.64. The number of hydrazine groups is 1. The molecule has 86 valence electrons. The van der Waals surface area contributed by atoms with Gasteiger partial charge in [0.05, 0.1) is 0 Å². The van der Waals surface area contributed by atoms with Gasteiger partial charge in [0.25, 0.3) is 0 Å². The second-order valence-corrected chi connectivity index (χ2v) is 4.07. The summed E-state index contributed by atoms with van der Waals surface area (Å²) in [5, 5.41) is 3.65. The molecule has 1 aromatic carbocycles. The van der Waals surface area contributed by atoms with E-state index < -0.39 is 5.67 Å². The van der Waals surface area contributed by atoms with Crippen LogP contribution in [0.5, 0.6) is 0 Å². The van der Waals surface area contributed by atoms with Crippen LogP contribution in [-0.4, -0.2) is 5.84 Å². The van der Waals surface area contributed by atoms with Crippen LogP contribution in [0.2, 0.25) is 0 Å². The smallest absolute Gasteiger partial charge is 0.136 e. The van der Waals surface area contributed by atoms with Crippen molar-refractivity contribution in [1.29, 1.82) is 0 Å². The van der Waals surface area contributed by atoms with Crippen LogP contribution in [0.3, 0.4) is 0 Å². The van der Waals surface area contributed by atoms with Gasteiger partial charge in [0.1, 0.15) is 11.5 Å². The van der Waals surface area contributed by atoms with Crippen LogP contribution < -0.4 is 17.1 Å². The summed E-state index contributed by atoms with van der Waals surface area (Å²) in [7, 11) is 0. The van der Waals surface area contributed by atoms with Gasteiger partial charge in [-0.15, -0.1) is 0 Å². The van der Waals surface area contributed by atoms with E-state index in [4.69, 9.17) is 11.6 Å². The molecule has 1 saturated carbocycles.